The number of aromatic amines is 1. The first-order valence-electron chi connectivity index (χ1n) is 4.66. The van der Waals surface area contributed by atoms with Crippen molar-refractivity contribution in [2.75, 3.05) is 0 Å². The Labute approximate surface area is 102 Å². The molecule has 0 unspecified atom stereocenters. The number of imidazole rings is 1. The molecule has 0 fully saturated rings. The molecule has 6 heteroatoms. The van der Waals surface area contributed by atoms with E-state index in [9.17, 15) is 4.79 Å². The highest BCUT2D eigenvalue weighted by molar-refractivity contribution is 6.38. The molecule has 1 heterocycles. The van der Waals surface area contributed by atoms with Gasteiger partial charge in [0.05, 0.1) is 10.5 Å². The molecule has 0 saturated heterocycles. The Morgan fingerprint density at radius 2 is 2.00 bits per heavy atom. The maximum absolute atomic E-state index is 10.6. The van der Waals surface area contributed by atoms with Gasteiger partial charge in [0, 0.05) is 5.02 Å². The van der Waals surface area contributed by atoms with E-state index in [0.717, 1.165) is 0 Å². The second-order valence-electron chi connectivity index (χ2n) is 2.67. The Bertz CT molecular complexity index is 523. The topological polar surface area (TPSA) is 66.0 Å². The number of rotatable bonds is 1. The van der Waals surface area contributed by atoms with Gasteiger partial charge in [0.2, 0.25) is 5.82 Å². The summed E-state index contributed by atoms with van der Waals surface area (Å²) in [4.78, 5) is 17.0. The molecular weight excluding hydrogens is 251 g/mol. The predicted octanol–water partition coefficient (Wildman–Crippen LogP) is 3.59. The average molecular weight is 261 g/mol. The third-order valence-corrected chi connectivity index (χ3v) is 2.21. The molecule has 2 N–H and O–H groups in total. The molecule has 86 valence electrons. The van der Waals surface area contributed by atoms with Crippen molar-refractivity contribution in [2.45, 2.75) is 13.8 Å². The monoisotopic (exact) mass is 260 g/mol. The lowest BCUT2D eigenvalue weighted by Gasteiger charge is -1.92. The lowest BCUT2D eigenvalue weighted by atomic mass is 10.3. The summed E-state index contributed by atoms with van der Waals surface area (Å²) < 4.78 is 0. The number of carboxylic acid groups (broad SMARTS) is 1. The number of nitrogens with zero attached hydrogens (tertiary/aromatic N) is 1. The van der Waals surface area contributed by atoms with Gasteiger partial charge in [-0.1, -0.05) is 37.0 Å². The average Bonchev–Trinajstić information content (AvgIpc) is 2.64. The second-order valence-corrected chi connectivity index (χ2v) is 3.52. The van der Waals surface area contributed by atoms with Gasteiger partial charge < -0.3 is 10.1 Å². The molecule has 0 aliphatic rings. The normalized spacial score (nSPS) is 9.75. The number of fused-ring (bicyclic) bond motifs is 1. The van der Waals surface area contributed by atoms with E-state index < -0.39 is 5.97 Å². The standard InChI is InChI=1S/C8H4Cl2N2O2.C2H6/c9-3-1-4(10)6-5(2-3)11-7(12-6)8(13)14;1-2/h1-2H,(H,11,12)(H,13,14);1-2H3. The zero-order valence-corrected chi connectivity index (χ0v) is 10.2. The van der Waals surface area contributed by atoms with Crippen LogP contribution >= 0.6 is 23.2 Å². The van der Waals surface area contributed by atoms with Crippen LogP contribution in [0.4, 0.5) is 0 Å². The molecule has 0 spiro atoms. The number of hydrogen-bond acceptors (Lipinski definition) is 2. The first-order valence-corrected chi connectivity index (χ1v) is 5.41. The van der Waals surface area contributed by atoms with Crippen LogP contribution in [0, 0.1) is 0 Å². The van der Waals surface area contributed by atoms with Crippen molar-refractivity contribution in [1.82, 2.24) is 9.97 Å². The molecule has 4 nitrogen and oxygen atoms in total. The molecule has 1 aromatic heterocycles. The van der Waals surface area contributed by atoms with Gasteiger partial charge in [0.15, 0.2) is 0 Å². The molecule has 2 rings (SSSR count). The minimum atomic E-state index is -1.13. The van der Waals surface area contributed by atoms with Gasteiger partial charge in [-0.25, -0.2) is 9.78 Å². The molecule has 0 radical (unpaired) electrons. The van der Waals surface area contributed by atoms with E-state index in [1.165, 1.54) is 6.07 Å². The number of aromatic carboxylic acids is 1. The molecule has 1 aromatic carbocycles. The van der Waals surface area contributed by atoms with Gasteiger partial charge in [-0.15, -0.1) is 0 Å². The van der Waals surface area contributed by atoms with Crippen molar-refractivity contribution < 1.29 is 9.90 Å². The van der Waals surface area contributed by atoms with Crippen molar-refractivity contribution in [3.05, 3.63) is 28.0 Å². The van der Waals surface area contributed by atoms with Crippen molar-refractivity contribution in [2.24, 2.45) is 0 Å². The lowest BCUT2D eigenvalue weighted by Crippen LogP contribution is -1.97. The maximum Gasteiger partial charge on any atom is 0.371 e. The Morgan fingerprint density at radius 1 is 1.38 bits per heavy atom. The minimum absolute atomic E-state index is 0.149. The smallest absolute Gasteiger partial charge is 0.371 e. The van der Waals surface area contributed by atoms with Crippen LogP contribution in [0.3, 0.4) is 0 Å². The van der Waals surface area contributed by atoms with Crippen LogP contribution in [0.15, 0.2) is 12.1 Å². The van der Waals surface area contributed by atoms with Crippen LogP contribution in [0.5, 0.6) is 0 Å². The summed E-state index contributed by atoms with van der Waals surface area (Å²) in [6.45, 7) is 4.00. The van der Waals surface area contributed by atoms with Crippen molar-refractivity contribution in [3.63, 3.8) is 0 Å². The fourth-order valence-electron chi connectivity index (χ4n) is 1.14. The molecule has 0 aliphatic carbocycles. The highest BCUT2D eigenvalue weighted by Gasteiger charge is 2.12. The predicted molar refractivity (Wildman–Crippen MR) is 64.4 cm³/mol. The molecule has 0 atom stereocenters. The van der Waals surface area contributed by atoms with E-state index >= 15 is 0 Å². The number of benzene rings is 1. The quantitative estimate of drug-likeness (QED) is 0.824. The number of carbonyl (C=O) groups is 1. The van der Waals surface area contributed by atoms with Gasteiger partial charge in [-0.05, 0) is 12.1 Å². The van der Waals surface area contributed by atoms with E-state index in [1.54, 1.807) is 6.07 Å². The molecule has 0 saturated carbocycles. The highest BCUT2D eigenvalue weighted by atomic mass is 35.5. The van der Waals surface area contributed by atoms with Crippen LogP contribution in [-0.2, 0) is 0 Å². The molecule has 2 aromatic rings. The maximum atomic E-state index is 10.6. The molecule has 16 heavy (non-hydrogen) atoms. The number of nitrogens with one attached hydrogen (secondary N) is 1. The number of H-pyrrole nitrogens is 1. The van der Waals surface area contributed by atoms with Crippen molar-refractivity contribution in [3.8, 4) is 0 Å². The second kappa shape index (κ2) is 5.18. The van der Waals surface area contributed by atoms with Crippen molar-refractivity contribution in [1.29, 1.82) is 0 Å². The fraction of sp³-hybridized carbons (Fsp3) is 0.200. The van der Waals surface area contributed by atoms with Crippen LogP contribution in [-0.4, -0.2) is 21.0 Å². The van der Waals surface area contributed by atoms with Gasteiger partial charge in [0.25, 0.3) is 0 Å². The van der Waals surface area contributed by atoms with E-state index in [4.69, 9.17) is 28.3 Å². The first-order chi connectivity index (χ1) is 7.58. The third-order valence-electron chi connectivity index (χ3n) is 1.71. The van der Waals surface area contributed by atoms with Gasteiger partial charge in [0.1, 0.15) is 5.52 Å². The van der Waals surface area contributed by atoms with Crippen LogP contribution < -0.4 is 0 Å². The largest absolute Gasteiger partial charge is 0.475 e. The molecule has 0 aliphatic heterocycles. The van der Waals surface area contributed by atoms with Crippen LogP contribution in [0.25, 0.3) is 11.0 Å². The fourth-order valence-corrected chi connectivity index (χ4v) is 1.68. The van der Waals surface area contributed by atoms with E-state index in [2.05, 4.69) is 9.97 Å². The Kier molecular flexibility index (Phi) is 4.15. The van der Waals surface area contributed by atoms with Crippen LogP contribution in [0.2, 0.25) is 10.0 Å². The van der Waals surface area contributed by atoms with Crippen molar-refractivity contribution >= 4 is 40.2 Å². The Hall–Kier alpha value is -1.26. The number of carboxylic acids is 1. The lowest BCUT2D eigenvalue weighted by molar-refractivity contribution is 0.0685. The van der Waals surface area contributed by atoms with Gasteiger partial charge in [-0.2, -0.15) is 0 Å². The molecule has 0 bridgehead atoms. The molecule has 0 amide bonds. The number of hydrogen-bond donors (Lipinski definition) is 2. The summed E-state index contributed by atoms with van der Waals surface area (Å²) in [5.74, 6) is -1.28. The minimum Gasteiger partial charge on any atom is -0.475 e. The SMILES string of the molecule is CC.O=C(O)c1nc2c(Cl)cc(Cl)cc2[nH]1. The summed E-state index contributed by atoms with van der Waals surface area (Å²) in [6, 6.07) is 3.08. The number of aromatic nitrogens is 2. The third kappa shape index (κ3) is 2.46. The zero-order valence-electron chi connectivity index (χ0n) is 8.71. The summed E-state index contributed by atoms with van der Waals surface area (Å²) in [5, 5.41) is 9.44. The van der Waals surface area contributed by atoms with E-state index in [-0.39, 0.29) is 5.82 Å². The Morgan fingerprint density at radius 3 is 2.56 bits per heavy atom. The Balaban J connectivity index is 0.000000606. The first kappa shape index (κ1) is 12.8. The summed E-state index contributed by atoms with van der Waals surface area (Å²) in [5.41, 5.74) is 0.924. The van der Waals surface area contributed by atoms with Crippen LogP contribution in [0.1, 0.15) is 24.5 Å². The summed E-state index contributed by atoms with van der Waals surface area (Å²) in [6.07, 6.45) is 0. The summed E-state index contributed by atoms with van der Waals surface area (Å²) in [7, 11) is 0. The van der Waals surface area contributed by atoms with Gasteiger partial charge >= 0.3 is 5.97 Å². The highest BCUT2D eigenvalue weighted by Crippen LogP contribution is 2.25. The van der Waals surface area contributed by atoms with E-state index in [0.29, 0.717) is 21.1 Å². The summed E-state index contributed by atoms with van der Waals surface area (Å²) >= 11 is 11.6. The zero-order chi connectivity index (χ0) is 12.3. The van der Waals surface area contributed by atoms with Gasteiger partial charge in [-0.3, -0.25) is 0 Å². The number of halogens is 2. The molecular formula is C10H10Cl2N2O2. The van der Waals surface area contributed by atoms with E-state index in [1.807, 2.05) is 13.8 Å².